The van der Waals surface area contributed by atoms with Crippen molar-refractivity contribution in [2.45, 2.75) is 65.2 Å². The first kappa shape index (κ1) is 22.3. The van der Waals surface area contributed by atoms with E-state index in [-0.39, 0.29) is 13.1 Å². The van der Waals surface area contributed by atoms with Crippen LogP contribution in [0.25, 0.3) is 0 Å². The fourth-order valence-corrected chi connectivity index (χ4v) is 8.70. The number of hydrogen-bond acceptors (Lipinski definition) is 4. The average molecular weight is 414 g/mol. The summed E-state index contributed by atoms with van der Waals surface area (Å²) in [6.07, 6.45) is 6.50. The van der Waals surface area contributed by atoms with Crippen molar-refractivity contribution in [3.8, 4) is 0 Å². The third kappa shape index (κ3) is 7.68. The largest absolute Gasteiger partial charge is 0.424 e. The Hall–Kier alpha value is 0.300. The van der Waals surface area contributed by atoms with Gasteiger partial charge in [0.05, 0.1) is 0 Å². The summed E-state index contributed by atoms with van der Waals surface area (Å²) in [6, 6.07) is 0. The van der Waals surface area contributed by atoms with E-state index in [0.717, 1.165) is 43.2 Å². The van der Waals surface area contributed by atoms with Gasteiger partial charge in [-0.3, -0.25) is 0 Å². The maximum absolute atomic E-state index is 15.0. The molecular weight excluding hydrogens is 388 g/mol. The smallest absolute Gasteiger partial charge is 0.226 e. The van der Waals surface area contributed by atoms with Crippen LogP contribution in [0.4, 0.5) is 21.0 Å². The van der Waals surface area contributed by atoms with Crippen LogP contribution in [-0.2, 0) is 0 Å². The van der Waals surface area contributed by atoms with E-state index in [9.17, 15) is 21.0 Å². The quantitative estimate of drug-likeness (QED) is 0.189. The lowest BCUT2D eigenvalue weighted by atomic mass is 10.2. The van der Waals surface area contributed by atoms with Crippen molar-refractivity contribution >= 4 is 23.3 Å². The summed E-state index contributed by atoms with van der Waals surface area (Å²) < 4.78 is 77.6. The van der Waals surface area contributed by atoms with Crippen LogP contribution >= 0.6 is 23.3 Å². The second-order valence-corrected chi connectivity index (χ2v) is 11.3. The molecule has 4 nitrogen and oxygen atoms in total. The molecular formula is C12H26F5N4P3. The normalized spacial score (nSPS) is 25.0. The number of hydrogen-bond donors (Lipinski definition) is 0. The molecule has 1 rings (SSSR count). The molecule has 1 unspecified atom stereocenters. The van der Waals surface area contributed by atoms with E-state index in [1.165, 1.54) is 0 Å². The second-order valence-electron chi connectivity index (χ2n) is 5.75. The van der Waals surface area contributed by atoms with Crippen LogP contribution in [0.1, 0.15) is 65.2 Å². The molecule has 0 saturated carbocycles. The molecule has 0 aromatic rings. The molecule has 1 aliphatic rings. The molecule has 1 atom stereocenters. The molecule has 0 aromatic carbocycles. The number of nitrogens with zero attached hydrogens (tertiary/aromatic N) is 4. The monoisotopic (exact) mass is 414 g/mol. The van der Waals surface area contributed by atoms with Crippen LogP contribution in [0.2, 0.25) is 0 Å². The maximum Gasteiger partial charge on any atom is 0.424 e. The molecule has 144 valence electrons. The Labute approximate surface area is 141 Å². The summed E-state index contributed by atoms with van der Waals surface area (Å²) in [5, 5.41) is 0. The van der Waals surface area contributed by atoms with Gasteiger partial charge in [0.1, 0.15) is 0 Å². The number of unbranched alkanes of at least 4 members (excludes halogenated alkanes) is 6. The van der Waals surface area contributed by atoms with Gasteiger partial charge in [-0.15, -0.1) is 30.3 Å². The summed E-state index contributed by atoms with van der Waals surface area (Å²) >= 11 is 0. The summed E-state index contributed by atoms with van der Waals surface area (Å²) in [5.41, 5.74) is 0. The Morgan fingerprint density at radius 2 is 1.08 bits per heavy atom. The number of halogens is 5. The molecule has 0 aromatic heterocycles. The van der Waals surface area contributed by atoms with Gasteiger partial charge in [-0.05, 0) is 12.8 Å². The van der Waals surface area contributed by atoms with Crippen molar-refractivity contribution in [3.63, 3.8) is 0 Å². The Morgan fingerprint density at radius 3 is 1.50 bits per heavy atom. The van der Waals surface area contributed by atoms with Gasteiger partial charge in [0.2, 0.25) is 0 Å². The summed E-state index contributed by atoms with van der Waals surface area (Å²) in [7, 11) is -16.0. The van der Waals surface area contributed by atoms with Crippen LogP contribution in [-0.4, -0.2) is 17.8 Å². The molecule has 0 spiro atoms. The first-order valence-electron chi connectivity index (χ1n) is 8.29. The lowest BCUT2D eigenvalue weighted by Crippen LogP contribution is -2.21. The Bertz CT molecular complexity index is 537. The van der Waals surface area contributed by atoms with Crippen molar-refractivity contribution in [2.75, 3.05) is 13.1 Å². The summed E-state index contributed by atoms with van der Waals surface area (Å²) in [6.45, 7) is 4.28. The molecule has 0 fully saturated rings. The van der Waals surface area contributed by atoms with Gasteiger partial charge in [-0.25, -0.2) is 4.67 Å². The standard InChI is InChI=1S/C12H26F5N4P3/c1-3-5-7-9-11-21(12-10-8-6-4-2)24(17)19-22(13,14)18-23(15,16)20-24/h3-12H2,1-2H3. The first-order valence-corrected chi connectivity index (χ1v) is 12.8. The highest BCUT2D eigenvalue weighted by molar-refractivity contribution is 7.78. The molecule has 12 heteroatoms. The van der Waals surface area contributed by atoms with Gasteiger partial charge in [0.15, 0.2) is 0 Å². The average Bonchev–Trinajstić information content (AvgIpc) is 2.41. The van der Waals surface area contributed by atoms with Gasteiger partial charge < -0.3 is 0 Å². The highest BCUT2D eigenvalue weighted by Gasteiger charge is 2.42. The van der Waals surface area contributed by atoms with Gasteiger partial charge >= 0.3 is 23.3 Å². The van der Waals surface area contributed by atoms with Crippen LogP contribution in [0.15, 0.2) is 13.5 Å². The van der Waals surface area contributed by atoms with Crippen molar-refractivity contribution in [3.05, 3.63) is 0 Å². The lowest BCUT2D eigenvalue weighted by molar-refractivity contribution is 0.396. The van der Waals surface area contributed by atoms with E-state index in [4.69, 9.17) is 0 Å². The topological polar surface area (TPSA) is 40.3 Å². The lowest BCUT2D eigenvalue weighted by Gasteiger charge is -2.28. The van der Waals surface area contributed by atoms with Crippen molar-refractivity contribution in [1.82, 2.24) is 4.67 Å². The minimum atomic E-state index is -5.63. The molecule has 0 aliphatic carbocycles. The minimum absolute atomic E-state index is 0.128. The predicted molar refractivity (Wildman–Crippen MR) is 93.4 cm³/mol. The summed E-state index contributed by atoms with van der Waals surface area (Å²) in [5.74, 6) is 0. The SMILES string of the molecule is CCCCCCN(CCCCCC)P1(F)=NP(F)(F)=NP(F)(F)=N1. The van der Waals surface area contributed by atoms with Gasteiger partial charge in [-0.1, -0.05) is 52.4 Å². The zero-order chi connectivity index (χ0) is 18.3. The molecule has 0 amide bonds. The third-order valence-corrected chi connectivity index (χ3v) is 9.94. The van der Waals surface area contributed by atoms with E-state index in [1.54, 1.807) is 0 Å². The minimum Gasteiger partial charge on any atom is -0.226 e. The van der Waals surface area contributed by atoms with Crippen LogP contribution in [0, 0.1) is 0 Å². The summed E-state index contributed by atoms with van der Waals surface area (Å²) in [4.78, 5) is 0. The molecule has 0 N–H and O–H groups in total. The van der Waals surface area contributed by atoms with E-state index >= 15 is 0 Å². The van der Waals surface area contributed by atoms with Gasteiger partial charge in [-0.2, -0.15) is 4.20 Å². The Morgan fingerprint density at radius 1 is 0.625 bits per heavy atom. The van der Waals surface area contributed by atoms with Crippen molar-refractivity contribution < 1.29 is 21.0 Å². The second kappa shape index (κ2) is 9.85. The van der Waals surface area contributed by atoms with Gasteiger partial charge in [0, 0.05) is 13.1 Å². The van der Waals surface area contributed by atoms with Crippen LogP contribution in [0.5, 0.6) is 0 Å². The molecule has 0 bridgehead atoms. The van der Waals surface area contributed by atoms with E-state index in [2.05, 4.69) is 13.5 Å². The highest BCUT2D eigenvalue weighted by atomic mass is 31.3. The third-order valence-electron chi connectivity index (χ3n) is 3.56. The first-order chi connectivity index (χ1) is 11.1. The van der Waals surface area contributed by atoms with Crippen molar-refractivity contribution in [1.29, 1.82) is 0 Å². The van der Waals surface area contributed by atoms with E-state index in [1.807, 2.05) is 13.8 Å². The number of rotatable bonds is 11. The van der Waals surface area contributed by atoms with Crippen molar-refractivity contribution in [2.24, 2.45) is 13.5 Å². The zero-order valence-corrected chi connectivity index (χ0v) is 16.8. The molecule has 0 saturated heterocycles. The Balaban J connectivity index is 2.96. The molecule has 1 aliphatic heterocycles. The van der Waals surface area contributed by atoms with Gasteiger partial charge in [0.25, 0.3) is 0 Å². The fourth-order valence-electron chi connectivity index (χ4n) is 2.38. The fraction of sp³-hybridized carbons (Fsp3) is 1.00. The Kier molecular flexibility index (Phi) is 9.17. The van der Waals surface area contributed by atoms with Crippen LogP contribution in [0.3, 0.4) is 0 Å². The van der Waals surface area contributed by atoms with E-state index < -0.39 is 23.3 Å². The highest BCUT2D eigenvalue weighted by Crippen LogP contribution is 2.82. The van der Waals surface area contributed by atoms with E-state index in [0.29, 0.717) is 12.8 Å². The zero-order valence-electron chi connectivity index (χ0n) is 14.1. The molecule has 0 radical (unpaired) electrons. The van der Waals surface area contributed by atoms with Crippen LogP contribution < -0.4 is 0 Å². The molecule has 24 heavy (non-hydrogen) atoms. The molecule has 1 heterocycles. The predicted octanol–water partition coefficient (Wildman–Crippen LogP) is 9.15. The maximum atomic E-state index is 15.0.